The quantitative estimate of drug-likeness (QED) is 0.236. The molecule has 2 heterocycles. The molecule has 1 aromatic carbocycles. The number of aryl methyl sites for hydroxylation is 1. The van der Waals surface area contributed by atoms with Crippen molar-refractivity contribution in [1.29, 1.82) is 0 Å². The van der Waals surface area contributed by atoms with Gasteiger partial charge < -0.3 is 19.6 Å². The topological polar surface area (TPSA) is 139 Å². The molecule has 0 atom stereocenters. The fourth-order valence-electron chi connectivity index (χ4n) is 4.32. The summed E-state index contributed by atoms with van der Waals surface area (Å²) in [6, 6.07) is 9.46. The van der Waals surface area contributed by atoms with Crippen LogP contribution in [0.25, 0.3) is 22.4 Å². The maximum atomic E-state index is 13.2. The number of carbonyl (C=O) groups is 2. The monoisotopic (exact) mass is 557 g/mol. The number of likely N-dealkylation sites (N-methyl/N-ethyl adjacent to an activating group) is 1. The number of benzene rings is 1. The molecule has 0 amide bonds. The highest BCUT2D eigenvalue weighted by atomic mass is 32.2. The number of hydrogen-bond donors (Lipinski definition) is 2. The van der Waals surface area contributed by atoms with Gasteiger partial charge in [-0.1, -0.05) is 29.8 Å². The highest BCUT2D eigenvalue weighted by Gasteiger charge is 2.34. The number of ketones is 1. The molecule has 1 aliphatic carbocycles. The molecule has 3 aromatic rings. The minimum atomic E-state index is -3.78. The summed E-state index contributed by atoms with van der Waals surface area (Å²) in [7, 11) is -2.08. The van der Waals surface area contributed by atoms with E-state index in [1.165, 1.54) is 4.31 Å². The van der Waals surface area contributed by atoms with Crippen LogP contribution in [0, 0.1) is 12.3 Å². The molecule has 0 spiro atoms. The molecule has 11 heteroatoms. The predicted octanol–water partition coefficient (Wildman–Crippen LogP) is 3.98. The molecule has 1 saturated carbocycles. The van der Waals surface area contributed by atoms with Gasteiger partial charge in [-0.05, 0) is 58.2 Å². The van der Waals surface area contributed by atoms with E-state index in [-0.39, 0.29) is 49.5 Å². The average molecular weight is 558 g/mol. The first-order chi connectivity index (χ1) is 18.3. The third-order valence-corrected chi connectivity index (χ3v) is 7.91. The molecular weight excluding hydrogens is 522 g/mol. The third-order valence-electron chi connectivity index (χ3n) is 6.76. The zero-order chi connectivity index (χ0) is 28.5. The van der Waals surface area contributed by atoms with Gasteiger partial charge in [0.05, 0.1) is 48.9 Å². The number of fused-ring (bicyclic) bond motifs is 1. The molecule has 0 radical (unpaired) electrons. The highest BCUT2D eigenvalue weighted by molar-refractivity contribution is 7.92. The van der Waals surface area contributed by atoms with Crippen LogP contribution in [-0.2, 0) is 19.6 Å². The Morgan fingerprint density at radius 2 is 1.90 bits per heavy atom. The van der Waals surface area contributed by atoms with Crippen molar-refractivity contribution >= 4 is 38.7 Å². The fourth-order valence-corrected chi connectivity index (χ4v) is 5.19. The fraction of sp³-hybridized carbons (Fsp3) is 0.464. The average Bonchev–Trinajstić information content (AvgIpc) is 3.63. The van der Waals surface area contributed by atoms with Crippen LogP contribution in [0.2, 0.25) is 0 Å². The standard InChI is InChI=1S/C28H35N3O7S/c1-17-6-8-19(9-7-17)24-23(22(32)15-29-4)21-14-20(18-10-11-18)25(30-26(21)38-24)31(39(5,35)36)12-13-37-16-28(2,3)27(33)34/h6-9,14,18,29H,10-13,15-16H2,1-5H3,(H,33,34). The van der Waals surface area contributed by atoms with Gasteiger partial charge in [0, 0.05) is 5.56 Å². The molecule has 39 heavy (non-hydrogen) atoms. The van der Waals surface area contributed by atoms with Crippen molar-refractivity contribution in [3.8, 4) is 11.3 Å². The van der Waals surface area contributed by atoms with E-state index in [0.717, 1.165) is 35.8 Å². The number of sulfonamides is 1. The lowest BCUT2D eigenvalue weighted by Crippen LogP contribution is -2.36. The van der Waals surface area contributed by atoms with Crippen LogP contribution in [0.15, 0.2) is 34.7 Å². The van der Waals surface area contributed by atoms with Gasteiger partial charge >= 0.3 is 5.97 Å². The molecule has 4 rings (SSSR count). The van der Waals surface area contributed by atoms with Gasteiger partial charge in [-0.2, -0.15) is 4.98 Å². The molecule has 0 saturated heterocycles. The maximum absolute atomic E-state index is 13.2. The highest BCUT2D eigenvalue weighted by Crippen LogP contribution is 2.46. The first-order valence-corrected chi connectivity index (χ1v) is 14.7. The van der Waals surface area contributed by atoms with Gasteiger partial charge in [0.2, 0.25) is 15.7 Å². The molecule has 0 aliphatic heterocycles. The molecule has 210 valence electrons. The van der Waals surface area contributed by atoms with Crippen molar-refractivity contribution in [1.82, 2.24) is 10.3 Å². The first-order valence-electron chi connectivity index (χ1n) is 12.8. The Morgan fingerprint density at radius 3 is 2.46 bits per heavy atom. The van der Waals surface area contributed by atoms with E-state index in [4.69, 9.17) is 9.15 Å². The Bertz CT molecular complexity index is 1490. The second kappa shape index (κ2) is 11.1. The van der Waals surface area contributed by atoms with Crippen LogP contribution < -0.4 is 9.62 Å². The lowest BCUT2D eigenvalue weighted by Gasteiger charge is -2.25. The largest absolute Gasteiger partial charge is 0.481 e. The van der Waals surface area contributed by atoms with Gasteiger partial charge in [0.15, 0.2) is 5.78 Å². The number of nitrogens with zero attached hydrogens (tertiary/aromatic N) is 2. The summed E-state index contributed by atoms with van der Waals surface area (Å²) in [6.07, 6.45) is 2.85. The number of furan rings is 1. The molecule has 0 unspecified atom stereocenters. The minimum absolute atomic E-state index is 0.0215. The molecule has 0 bridgehead atoms. The van der Waals surface area contributed by atoms with Crippen LogP contribution in [-0.4, -0.2) is 69.9 Å². The number of nitrogens with one attached hydrogen (secondary N) is 1. The number of anilines is 1. The Balaban J connectivity index is 1.79. The summed E-state index contributed by atoms with van der Waals surface area (Å²) < 4.78 is 38.8. The first kappa shape index (κ1) is 28.7. The van der Waals surface area contributed by atoms with Gasteiger partial charge in [0.1, 0.15) is 11.6 Å². The Kier molecular flexibility index (Phi) is 8.15. The number of carboxylic acid groups (broad SMARTS) is 1. The SMILES string of the molecule is CNCC(=O)c1c(-c2ccc(C)cc2)oc2nc(N(CCOCC(C)(C)C(=O)O)S(C)(=O)=O)c(C3CC3)cc12. The van der Waals surface area contributed by atoms with Crippen LogP contribution in [0.4, 0.5) is 5.82 Å². The lowest BCUT2D eigenvalue weighted by atomic mass is 9.95. The van der Waals surface area contributed by atoms with Crippen LogP contribution in [0.5, 0.6) is 0 Å². The second-order valence-corrected chi connectivity index (χ2v) is 12.6. The van der Waals surface area contributed by atoms with Gasteiger partial charge in [0.25, 0.3) is 0 Å². The van der Waals surface area contributed by atoms with Crippen molar-refractivity contribution in [2.45, 2.75) is 39.5 Å². The van der Waals surface area contributed by atoms with Crippen molar-refractivity contribution in [2.75, 3.05) is 43.9 Å². The smallest absolute Gasteiger partial charge is 0.311 e. The van der Waals surface area contributed by atoms with Crippen molar-refractivity contribution in [3.63, 3.8) is 0 Å². The van der Waals surface area contributed by atoms with Crippen LogP contribution in [0.3, 0.4) is 0 Å². The number of carboxylic acids is 1. The van der Waals surface area contributed by atoms with Crippen LogP contribution >= 0.6 is 0 Å². The Labute approximate surface area is 228 Å². The number of aliphatic carboxylic acids is 1. The van der Waals surface area contributed by atoms with E-state index >= 15 is 0 Å². The summed E-state index contributed by atoms with van der Waals surface area (Å²) in [5.74, 6) is -0.417. The van der Waals surface area contributed by atoms with Gasteiger partial charge in [-0.3, -0.25) is 13.9 Å². The molecule has 2 N–H and O–H groups in total. The lowest BCUT2D eigenvalue weighted by molar-refractivity contribution is -0.150. The van der Waals surface area contributed by atoms with Gasteiger partial charge in [-0.25, -0.2) is 8.42 Å². The summed E-state index contributed by atoms with van der Waals surface area (Å²) in [5.41, 5.74) is 1.99. The van der Waals surface area contributed by atoms with E-state index in [9.17, 15) is 23.1 Å². The number of Topliss-reactive ketones (excluding diaryl/α,β-unsaturated/α-hetero) is 1. The second-order valence-electron chi connectivity index (χ2n) is 10.7. The zero-order valence-electron chi connectivity index (χ0n) is 22.9. The molecule has 2 aromatic heterocycles. The normalized spacial score (nSPS) is 14.1. The van der Waals surface area contributed by atoms with E-state index in [1.54, 1.807) is 20.9 Å². The van der Waals surface area contributed by atoms with Crippen LogP contribution in [0.1, 0.15) is 54.1 Å². The maximum Gasteiger partial charge on any atom is 0.311 e. The van der Waals surface area contributed by atoms with E-state index in [1.807, 2.05) is 37.3 Å². The predicted molar refractivity (Wildman–Crippen MR) is 149 cm³/mol. The molecular formula is C28H35N3O7S. The van der Waals surface area contributed by atoms with E-state index < -0.39 is 21.4 Å². The van der Waals surface area contributed by atoms with Crippen molar-refractivity contribution < 1.29 is 32.3 Å². The molecule has 1 aliphatic rings. The van der Waals surface area contributed by atoms with Crippen molar-refractivity contribution in [3.05, 3.63) is 47.0 Å². The number of carbonyl (C=O) groups excluding carboxylic acids is 1. The minimum Gasteiger partial charge on any atom is -0.481 e. The number of ether oxygens (including phenoxy) is 1. The number of aromatic nitrogens is 1. The Hall–Kier alpha value is -3.28. The Morgan fingerprint density at radius 1 is 1.23 bits per heavy atom. The number of hydrogen-bond acceptors (Lipinski definition) is 8. The third kappa shape index (κ3) is 6.32. The van der Waals surface area contributed by atoms with E-state index in [2.05, 4.69) is 10.3 Å². The summed E-state index contributed by atoms with van der Waals surface area (Å²) in [5, 5.41) is 12.8. The molecule has 1 fully saturated rings. The molecule has 10 nitrogen and oxygen atoms in total. The number of rotatable bonds is 13. The summed E-state index contributed by atoms with van der Waals surface area (Å²) >= 11 is 0. The number of pyridine rings is 1. The van der Waals surface area contributed by atoms with E-state index in [0.29, 0.717) is 16.7 Å². The van der Waals surface area contributed by atoms with Crippen molar-refractivity contribution in [2.24, 2.45) is 5.41 Å². The zero-order valence-corrected chi connectivity index (χ0v) is 23.7. The summed E-state index contributed by atoms with van der Waals surface area (Å²) in [6.45, 7) is 5.01. The van der Waals surface area contributed by atoms with Gasteiger partial charge in [-0.15, -0.1) is 0 Å². The summed E-state index contributed by atoms with van der Waals surface area (Å²) in [4.78, 5) is 29.3.